The number of hydrogen-bond acceptors (Lipinski definition) is 6. The summed E-state index contributed by atoms with van der Waals surface area (Å²) in [5.41, 5.74) is 3.38. The van der Waals surface area contributed by atoms with E-state index in [4.69, 9.17) is 0 Å². The van der Waals surface area contributed by atoms with Crippen molar-refractivity contribution in [1.29, 1.82) is 0 Å². The average molecular weight is 498 g/mol. The quantitative estimate of drug-likeness (QED) is 0.519. The number of likely N-dealkylation sites (tertiary alicyclic amines) is 1. The summed E-state index contributed by atoms with van der Waals surface area (Å²) >= 11 is 1.37. The van der Waals surface area contributed by atoms with Crippen molar-refractivity contribution in [3.63, 3.8) is 0 Å². The molecule has 1 saturated carbocycles. The Balaban J connectivity index is 1.50. The van der Waals surface area contributed by atoms with Gasteiger partial charge in [-0.3, -0.25) is 14.4 Å². The normalized spacial score (nSPS) is 20.3. The lowest BCUT2D eigenvalue weighted by Crippen LogP contribution is -2.57. The summed E-state index contributed by atoms with van der Waals surface area (Å²) in [6.07, 6.45) is 6.47. The third-order valence-corrected chi connectivity index (χ3v) is 7.94. The summed E-state index contributed by atoms with van der Waals surface area (Å²) in [4.78, 5) is 46.0. The molecule has 3 N–H and O–H groups in total. The summed E-state index contributed by atoms with van der Waals surface area (Å²) in [7, 11) is 1.73. The number of carbonyl (C=O) groups excluding carboxylic acids is 3. The number of nitrogens with one attached hydrogen (secondary N) is 3. The molecule has 1 aromatic heterocycles. The van der Waals surface area contributed by atoms with Crippen LogP contribution in [0.15, 0.2) is 35.8 Å². The molecule has 0 radical (unpaired) electrons. The van der Waals surface area contributed by atoms with Crippen LogP contribution in [0.1, 0.15) is 51.9 Å². The van der Waals surface area contributed by atoms with Gasteiger partial charge in [0.15, 0.2) is 0 Å². The first kappa shape index (κ1) is 25.3. The molecule has 3 atom stereocenters. The predicted octanol–water partition coefficient (Wildman–Crippen LogP) is 3.41. The largest absolute Gasteiger partial charge is 0.343 e. The fourth-order valence-corrected chi connectivity index (χ4v) is 5.78. The van der Waals surface area contributed by atoms with Gasteiger partial charge in [-0.15, -0.1) is 11.3 Å². The summed E-state index contributed by atoms with van der Waals surface area (Å²) in [5, 5.41) is 9.67. The van der Waals surface area contributed by atoms with E-state index in [2.05, 4.69) is 20.9 Å². The number of benzene rings is 1. The number of rotatable bonds is 8. The Morgan fingerprint density at radius 2 is 1.80 bits per heavy atom. The molecule has 2 aliphatic rings. The fraction of sp³-hybridized carbons (Fsp3) is 0.538. The molecule has 0 spiro atoms. The number of amides is 3. The number of carbonyl (C=O) groups is 3. The topological polar surface area (TPSA) is 103 Å². The van der Waals surface area contributed by atoms with Crippen molar-refractivity contribution in [1.82, 2.24) is 20.5 Å². The molecule has 0 unspecified atom stereocenters. The Bertz CT molecular complexity index is 1020. The highest BCUT2D eigenvalue weighted by Crippen LogP contribution is 2.32. The van der Waals surface area contributed by atoms with Crippen LogP contribution in [0.5, 0.6) is 0 Å². The second-order valence-corrected chi connectivity index (χ2v) is 10.3. The number of thiazole rings is 1. The molecule has 9 heteroatoms. The van der Waals surface area contributed by atoms with Crippen LogP contribution in [-0.2, 0) is 14.4 Å². The summed E-state index contributed by atoms with van der Waals surface area (Å²) in [5.74, 6) is -0.429. The molecular formula is C26H35N5O3S. The van der Waals surface area contributed by atoms with Crippen LogP contribution in [0.4, 0.5) is 5.00 Å². The van der Waals surface area contributed by atoms with E-state index in [0.717, 1.165) is 49.8 Å². The van der Waals surface area contributed by atoms with Gasteiger partial charge in [-0.25, -0.2) is 4.98 Å². The zero-order valence-electron chi connectivity index (χ0n) is 20.5. The summed E-state index contributed by atoms with van der Waals surface area (Å²) in [6, 6.07) is 8.18. The molecule has 4 rings (SSSR count). The lowest BCUT2D eigenvalue weighted by Gasteiger charge is -2.35. The van der Waals surface area contributed by atoms with Crippen molar-refractivity contribution in [3.05, 3.63) is 35.8 Å². The highest BCUT2D eigenvalue weighted by molar-refractivity contribution is 7.14. The van der Waals surface area contributed by atoms with Crippen molar-refractivity contribution < 1.29 is 14.4 Å². The first-order valence-electron chi connectivity index (χ1n) is 12.6. The van der Waals surface area contributed by atoms with Crippen molar-refractivity contribution in [3.8, 4) is 11.3 Å². The van der Waals surface area contributed by atoms with Gasteiger partial charge in [0, 0.05) is 12.1 Å². The Hall–Kier alpha value is -2.78. The maximum Gasteiger partial charge on any atom is 0.247 e. The Labute approximate surface area is 210 Å². The van der Waals surface area contributed by atoms with Gasteiger partial charge in [0.1, 0.15) is 22.8 Å². The van der Waals surface area contributed by atoms with Crippen LogP contribution >= 0.6 is 11.3 Å². The van der Waals surface area contributed by atoms with E-state index >= 15 is 0 Å². The van der Waals surface area contributed by atoms with Crippen LogP contribution < -0.4 is 16.0 Å². The number of hydrogen-bond donors (Lipinski definition) is 3. The van der Waals surface area contributed by atoms with Gasteiger partial charge in [-0.1, -0.05) is 49.6 Å². The minimum absolute atomic E-state index is 0.0970. The monoisotopic (exact) mass is 497 g/mol. The molecular weight excluding hydrogens is 462 g/mol. The lowest BCUT2D eigenvalue weighted by atomic mass is 9.83. The van der Waals surface area contributed by atoms with Crippen LogP contribution in [0.2, 0.25) is 0 Å². The van der Waals surface area contributed by atoms with E-state index in [0.29, 0.717) is 18.0 Å². The summed E-state index contributed by atoms with van der Waals surface area (Å²) < 4.78 is 0. The van der Waals surface area contributed by atoms with Crippen LogP contribution in [-0.4, -0.2) is 59.3 Å². The minimum Gasteiger partial charge on any atom is -0.343 e. The van der Waals surface area contributed by atoms with E-state index < -0.39 is 18.1 Å². The van der Waals surface area contributed by atoms with Crippen molar-refractivity contribution in [2.45, 2.75) is 70.0 Å². The molecule has 8 nitrogen and oxygen atoms in total. The van der Waals surface area contributed by atoms with E-state index in [1.807, 2.05) is 30.3 Å². The van der Waals surface area contributed by atoms with Crippen molar-refractivity contribution in [2.24, 2.45) is 5.92 Å². The molecule has 188 valence electrons. The minimum atomic E-state index is -0.602. The van der Waals surface area contributed by atoms with E-state index in [1.165, 1.54) is 11.3 Å². The van der Waals surface area contributed by atoms with Crippen molar-refractivity contribution in [2.75, 3.05) is 18.9 Å². The van der Waals surface area contributed by atoms with Crippen LogP contribution in [0.3, 0.4) is 0 Å². The third-order valence-electron chi connectivity index (χ3n) is 7.20. The fourth-order valence-electron chi connectivity index (χ4n) is 5.07. The number of aromatic nitrogens is 1. The Morgan fingerprint density at radius 3 is 2.51 bits per heavy atom. The number of anilines is 1. The average Bonchev–Trinajstić information content (AvgIpc) is 3.57. The standard InChI is InChI=1S/C26H35N5O3S/c1-17(27-2)23(32)29-22(19-12-7-4-8-13-19)26(34)31-15-9-14-20(31)24(33)30-25-21(28-16-35-25)18-10-5-3-6-11-18/h3,5-6,10-11,16-17,19-20,22,27H,4,7-9,12-15H2,1-2H3,(H,29,32)(H,30,33)/t17-,20+,22-/m1/s1. The molecule has 1 saturated heterocycles. The second-order valence-electron chi connectivity index (χ2n) is 9.47. The van der Waals surface area contributed by atoms with Gasteiger partial charge in [0.2, 0.25) is 17.7 Å². The number of likely N-dealkylation sites (N-methyl/N-ethyl adjacent to an activating group) is 1. The molecule has 1 aromatic carbocycles. The summed E-state index contributed by atoms with van der Waals surface area (Å²) in [6.45, 7) is 2.30. The molecule has 35 heavy (non-hydrogen) atoms. The molecule has 0 bridgehead atoms. The molecule has 3 amide bonds. The maximum atomic E-state index is 13.8. The number of nitrogens with zero attached hydrogens (tertiary/aromatic N) is 2. The Kier molecular flexibility index (Phi) is 8.51. The van der Waals surface area contributed by atoms with Crippen molar-refractivity contribution >= 4 is 34.1 Å². The molecule has 1 aliphatic carbocycles. The zero-order chi connectivity index (χ0) is 24.8. The maximum absolute atomic E-state index is 13.8. The van der Waals surface area contributed by atoms with Crippen LogP contribution in [0.25, 0.3) is 11.3 Å². The Morgan fingerprint density at radius 1 is 1.06 bits per heavy atom. The molecule has 2 aromatic rings. The highest BCUT2D eigenvalue weighted by Gasteiger charge is 2.41. The molecule has 2 heterocycles. The zero-order valence-corrected chi connectivity index (χ0v) is 21.3. The van der Waals surface area contributed by atoms with Gasteiger partial charge in [0.25, 0.3) is 0 Å². The lowest BCUT2D eigenvalue weighted by molar-refractivity contribution is -0.142. The van der Waals surface area contributed by atoms with E-state index in [-0.39, 0.29) is 23.6 Å². The third kappa shape index (κ3) is 5.90. The van der Waals surface area contributed by atoms with E-state index in [9.17, 15) is 14.4 Å². The second kappa shape index (κ2) is 11.8. The molecule has 1 aliphatic heterocycles. The van der Waals surface area contributed by atoms with Gasteiger partial charge < -0.3 is 20.9 Å². The SMILES string of the molecule is CN[C@H](C)C(=O)N[C@@H](C(=O)N1CCC[C@H]1C(=O)Nc1scnc1-c1ccccc1)C1CCCCC1. The van der Waals surface area contributed by atoms with Gasteiger partial charge in [-0.05, 0) is 45.6 Å². The van der Waals surface area contributed by atoms with Crippen LogP contribution in [0, 0.1) is 5.92 Å². The van der Waals surface area contributed by atoms with E-state index in [1.54, 1.807) is 24.4 Å². The predicted molar refractivity (Wildman–Crippen MR) is 138 cm³/mol. The highest BCUT2D eigenvalue weighted by atomic mass is 32.1. The van der Waals surface area contributed by atoms with Gasteiger partial charge in [0.05, 0.1) is 11.6 Å². The van der Waals surface area contributed by atoms with Gasteiger partial charge >= 0.3 is 0 Å². The molecule has 2 fully saturated rings. The first-order chi connectivity index (χ1) is 17.0. The smallest absolute Gasteiger partial charge is 0.247 e. The first-order valence-corrected chi connectivity index (χ1v) is 13.5. The van der Waals surface area contributed by atoms with Gasteiger partial charge in [-0.2, -0.15) is 0 Å².